The number of carbonyl (C=O) groups excluding carboxylic acids is 2. The summed E-state index contributed by atoms with van der Waals surface area (Å²) >= 11 is 0. The van der Waals surface area contributed by atoms with Crippen LogP contribution < -0.4 is 0 Å². The normalized spacial score (nSPS) is 12.8. The predicted octanol–water partition coefficient (Wildman–Crippen LogP) is 25.9. The fraction of sp³-hybridized carbons (Fsp3) is 0.750. The number of allylic oxidation sites excluding steroid dienone is 18. The van der Waals surface area contributed by atoms with E-state index in [1.807, 2.05) is 0 Å². The predicted molar refractivity (Wildman–Crippen MR) is 375 cm³/mol. The SMILES string of the molecule is CC/C=C\C/C=C\C/C=C\C/C=C\C/C=C\C/C=C\C/C=C\C/C=C\C/C=C\CCCCCCCCCC(=O)OC(CO)COC(=O)CCCCCCCCCCCCCCCCCCCCCCCCCCCCCCCCCCCCCC. The highest BCUT2D eigenvalue weighted by Crippen LogP contribution is 2.19. The second-order valence-corrected chi connectivity index (χ2v) is 24.7. The topological polar surface area (TPSA) is 72.8 Å². The van der Waals surface area contributed by atoms with Gasteiger partial charge in [0.2, 0.25) is 0 Å². The van der Waals surface area contributed by atoms with Crippen molar-refractivity contribution in [3.05, 3.63) is 109 Å². The van der Waals surface area contributed by atoms with Crippen LogP contribution in [0, 0.1) is 0 Å². The van der Waals surface area contributed by atoms with E-state index in [4.69, 9.17) is 9.47 Å². The van der Waals surface area contributed by atoms with Crippen LogP contribution in [0.15, 0.2) is 109 Å². The van der Waals surface area contributed by atoms with Gasteiger partial charge in [0.05, 0.1) is 6.61 Å². The Kier molecular flexibility index (Phi) is 71.8. The van der Waals surface area contributed by atoms with E-state index in [2.05, 4.69) is 123 Å². The van der Waals surface area contributed by atoms with Gasteiger partial charge in [-0.1, -0.05) is 380 Å². The average Bonchev–Trinajstić information content (AvgIpc) is 3.52. The molecule has 0 spiro atoms. The molecule has 5 heteroatoms. The second kappa shape index (κ2) is 74.8. The molecule has 490 valence electrons. The van der Waals surface area contributed by atoms with E-state index in [1.165, 1.54) is 238 Å². The van der Waals surface area contributed by atoms with E-state index < -0.39 is 6.10 Å². The lowest BCUT2D eigenvalue weighted by Gasteiger charge is -2.15. The lowest BCUT2D eigenvalue weighted by molar-refractivity contribution is -0.161. The quantitative estimate of drug-likeness (QED) is 0.0373. The highest BCUT2D eigenvalue weighted by molar-refractivity contribution is 5.70. The minimum Gasteiger partial charge on any atom is -0.462 e. The summed E-state index contributed by atoms with van der Waals surface area (Å²) in [7, 11) is 0. The first kappa shape index (κ1) is 81.6. The van der Waals surface area contributed by atoms with Crippen molar-refractivity contribution < 1.29 is 24.2 Å². The first-order chi connectivity index (χ1) is 42.1. The first-order valence-corrected chi connectivity index (χ1v) is 36.9. The number of hydrogen-bond acceptors (Lipinski definition) is 5. The Morgan fingerprint density at radius 2 is 0.506 bits per heavy atom. The van der Waals surface area contributed by atoms with Gasteiger partial charge in [0.25, 0.3) is 0 Å². The molecule has 0 bridgehead atoms. The third-order valence-electron chi connectivity index (χ3n) is 16.3. The van der Waals surface area contributed by atoms with Gasteiger partial charge in [0, 0.05) is 12.8 Å². The lowest BCUT2D eigenvalue weighted by atomic mass is 10.0. The van der Waals surface area contributed by atoms with Crippen LogP contribution in [-0.4, -0.2) is 36.4 Å². The molecule has 0 amide bonds. The average molecular weight is 1180 g/mol. The Balaban J connectivity index is 3.48. The lowest BCUT2D eigenvalue weighted by Crippen LogP contribution is -2.28. The molecule has 0 radical (unpaired) electrons. The summed E-state index contributed by atoms with van der Waals surface area (Å²) in [5, 5.41) is 9.71. The molecule has 0 aliphatic carbocycles. The number of aliphatic hydroxyl groups is 1. The number of carbonyl (C=O) groups is 2. The summed E-state index contributed by atoms with van der Waals surface area (Å²) in [4.78, 5) is 24.7. The smallest absolute Gasteiger partial charge is 0.306 e. The van der Waals surface area contributed by atoms with Crippen molar-refractivity contribution >= 4 is 11.9 Å². The summed E-state index contributed by atoms with van der Waals surface area (Å²) in [6.45, 7) is 4.06. The molecule has 1 unspecified atom stereocenters. The second-order valence-electron chi connectivity index (χ2n) is 24.7. The van der Waals surface area contributed by atoms with Crippen LogP contribution in [-0.2, 0) is 19.1 Å². The van der Waals surface area contributed by atoms with Gasteiger partial charge in [-0.3, -0.25) is 9.59 Å². The fourth-order valence-electron chi connectivity index (χ4n) is 10.8. The number of esters is 2. The van der Waals surface area contributed by atoms with E-state index in [0.29, 0.717) is 12.8 Å². The minimum absolute atomic E-state index is 0.0723. The monoisotopic (exact) mass is 1180 g/mol. The van der Waals surface area contributed by atoms with E-state index in [-0.39, 0.29) is 25.2 Å². The fourth-order valence-corrected chi connectivity index (χ4v) is 10.8. The van der Waals surface area contributed by atoms with Crippen LogP contribution in [0.1, 0.15) is 367 Å². The number of unbranched alkanes of at least 4 members (excludes halogenated alkanes) is 42. The van der Waals surface area contributed by atoms with Gasteiger partial charge in [0.1, 0.15) is 6.61 Å². The van der Waals surface area contributed by atoms with Crippen LogP contribution in [0.25, 0.3) is 0 Å². The standard InChI is InChI=1S/C80H140O5/c1-3-5-7-9-11-13-15-17-19-21-23-25-27-29-31-33-35-37-39-41-42-44-46-48-50-52-54-56-58-60-62-64-66-68-70-72-74-79(82)84-77-78(76-81)85-80(83)75-73-71-69-67-65-63-61-59-57-55-53-51-49-47-45-43-40-38-36-34-32-30-28-26-24-22-20-18-16-14-12-10-8-6-4-2/h6,8,12,14,18,20,24,26,30,32,36,38,43,45,49,51,55,57,78,81H,3-5,7,9-11,13,15-17,19,21-23,25,27-29,31,33-35,37,39-42,44,46-48,50,52-54,56,58-77H2,1-2H3/b8-6-,14-12-,20-18-,26-24-,32-30-,38-36-,45-43-,51-49-,57-55-. The zero-order chi connectivity index (χ0) is 61.2. The maximum Gasteiger partial charge on any atom is 0.306 e. The maximum atomic E-state index is 12.4. The number of aliphatic hydroxyl groups excluding tert-OH is 1. The molecule has 0 aliphatic heterocycles. The van der Waals surface area contributed by atoms with Gasteiger partial charge < -0.3 is 14.6 Å². The van der Waals surface area contributed by atoms with Crippen LogP contribution in [0.2, 0.25) is 0 Å². The van der Waals surface area contributed by atoms with E-state index >= 15 is 0 Å². The van der Waals surface area contributed by atoms with Gasteiger partial charge in [-0.05, 0) is 83.5 Å². The summed E-state index contributed by atoms with van der Waals surface area (Å²) in [5.74, 6) is -0.594. The Bertz CT molecular complexity index is 1620. The Morgan fingerprint density at radius 3 is 0.765 bits per heavy atom. The molecule has 0 saturated carbocycles. The molecule has 5 nitrogen and oxygen atoms in total. The minimum atomic E-state index is -0.786. The molecule has 85 heavy (non-hydrogen) atoms. The van der Waals surface area contributed by atoms with Crippen molar-refractivity contribution in [3.8, 4) is 0 Å². The zero-order valence-corrected chi connectivity index (χ0v) is 56.4. The third kappa shape index (κ3) is 72.9. The zero-order valence-electron chi connectivity index (χ0n) is 56.4. The van der Waals surface area contributed by atoms with Gasteiger partial charge >= 0.3 is 11.9 Å². The third-order valence-corrected chi connectivity index (χ3v) is 16.3. The van der Waals surface area contributed by atoms with Crippen LogP contribution in [0.3, 0.4) is 0 Å². The van der Waals surface area contributed by atoms with Crippen LogP contribution in [0.4, 0.5) is 0 Å². The summed E-state index contributed by atoms with van der Waals surface area (Å²) in [6, 6.07) is 0. The molecule has 0 aromatic carbocycles. The molecule has 0 rings (SSSR count). The molecular formula is C80H140O5. The molecular weight excluding hydrogens is 1040 g/mol. The Hall–Kier alpha value is -3.44. The molecule has 0 aromatic heterocycles. The van der Waals surface area contributed by atoms with Crippen molar-refractivity contribution in [1.82, 2.24) is 0 Å². The first-order valence-electron chi connectivity index (χ1n) is 36.9. The summed E-state index contributed by atoms with van der Waals surface area (Å²) in [5.41, 5.74) is 0. The molecule has 0 heterocycles. The maximum absolute atomic E-state index is 12.4. The summed E-state index contributed by atoms with van der Waals surface area (Å²) < 4.78 is 10.8. The number of hydrogen-bond donors (Lipinski definition) is 1. The van der Waals surface area contributed by atoms with E-state index in [9.17, 15) is 14.7 Å². The molecule has 0 aliphatic rings. The van der Waals surface area contributed by atoms with Gasteiger partial charge in [0.15, 0.2) is 6.10 Å². The van der Waals surface area contributed by atoms with Gasteiger partial charge in [-0.25, -0.2) is 0 Å². The highest BCUT2D eigenvalue weighted by Gasteiger charge is 2.16. The van der Waals surface area contributed by atoms with Crippen LogP contribution >= 0.6 is 0 Å². The van der Waals surface area contributed by atoms with Gasteiger partial charge in [-0.15, -0.1) is 0 Å². The van der Waals surface area contributed by atoms with Crippen molar-refractivity contribution in [2.45, 2.75) is 373 Å². The van der Waals surface area contributed by atoms with Crippen molar-refractivity contribution in [2.24, 2.45) is 0 Å². The molecule has 0 aromatic rings. The number of rotatable bonds is 68. The largest absolute Gasteiger partial charge is 0.462 e. The van der Waals surface area contributed by atoms with Crippen LogP contribution in [0.5, 0.6) is 0 Å². The van der Waals surface area contributed by atoms with Crippen molar-refractivity contribution in [2.75, 3.05) is 13.2 Å². The van der Waals surface area contributed by atoms with E-state index in [0.717, 1.165) is 103 Å². The van der Waals surface area contributed by atoms with Crippen molar-refractivity contribution in [1.29, 1.82) is 0 Å². The van der Waals surface area contributed by atoms with Crippen molar-refractivity contribution in [3.63, 3.8) is 0 Å². The highest BCUT2D eigenvalue weighted by atomic mass is 16.6. The van der Waals surface area contributed by atoms with Gasteiger partial charge in [-0.2, -0.15) is 0 Å². The Morgan fingerprint density at radius 1 is 0.282 bits per heavy atom. The Labute approximate surface area is 529 Å². The molecule has 0 saturated heterocycles. The summed E-state index contributed by atoms with van der Waals surface area (Å²) in [6.07, 6.45) is 109. The molecule has 1 atom stereocenters. The molecule has 0 fully saturated rings. The molecule has 1 N–H and O–H groups in total. The number of ether oxygens (including phenoxy) is 2. The van der Waals surface area contributed by atoms with E-state index in [1.54, 1.807) is 0 Å².